The van der Waals surface area contributed by atoms with Gasteiger partial charge in [0.15, 0.2) is 23.3 Å². The van der Waals surface area contributed by atoms with Crippen molar-refractivity contribution in [2.24, 2.45) is 0 Å². The third-order valence-electron chi connectivity index (χ3n) is 8.17. The van der Waals surface area contributed by atoms with Crippen molar-refractivity contribution in [3.05, 3.63) is 130 Å². The molecule has 0 fully saturated rings. The zero-order valence-corrected chi connectivity index (χ0v) is 22.1. The van der Waals surface area contributed by atoms with Gasteiger partial charge in [0.1, 0.15) is 5.69 Å². The number of nitrogens with zero attached hydrogens (tertiary/aromatic N) is 2. The van der Waals surface area contributed by atoms with Crippen LogP contribution in [0.4, 0.5) is 44.7 Å². The van der Waals surface area contributed by atoms with Gasteiger partial charge < -0.3 is 4.90 Å². The summed E-state index contributed by atoms with van der Waals surface area (Å²) in [6.07, 6.45) is 0. The van der Waals surface area contributed by atoms with Crippen molar-refractivity contribution in [2.45, 2.75) is 19.3 Å². The first-order valence-corrected chi connectivity index (χ1v) is 13.0. The number of halogens is 5. The van der Waals surface area contributed by atoms with E-state index in [0.717, 1.165) is 22.5 Å². The van der Waals surface area contributed by atoms with Crippen LogP contribution in [-0.2, 0) is 5.41 Å². The van der Waals surface area contributed by atoms with Gasteiger partial charge in [-0.05, 0) is 41.5 Å². The van der Waals surface area contributed by atoms with Crippen LogP contribution in [0.5, 0.6) is 0 Å². The van der Waals surface area contributed by atoms with E-state index in [0.29, 0.717) is 11.1 Å². The number of carbonyl (C=O) groups is 2. The quantitative estimate of drug-likeness (QED) is 0.0926. The molecule has 2 aliphatic rings. The third kappa shape index (κ3) is 3.21. The summed E-state index contributed by atoms with van der Waals surface area (Å²) in [5.41, 5.74) is 2.32. The molecule has 0 bridgehead atoms. The summed E-state index contributed by atoms with van der Waals surface area (Å²) >= 11 is 0. The van der Waals surface area contributed by atoms with Crippen molar-refractivity contribution in [3.8, 4) is 0 Å². The molecule has 4 nitrogen and oxygen atoms in total. The third-order valence-corrected chi connectivity index (χ3v) is 8.17. The second-order valence-corrected chi connectivity index (χ2v) is 10.7. The average molecular weight is 571 g/mol. The van der Waals surface area contributed by atoms with Crippen LogP contribution in [0.1, 0.15) is 45.7 Å². The molecule has 7 rings (SSSR count). The molecular formula is C33H19F5N2O2. The summed E-state index contributed by atoms with van der Waals surface area (Å²) in [4.78, 5) is 29.3. The van der Waals surface area contributed by atoms with Crippen molar-refractivity contribution in [1.29, 1.82) is 0 Å². The number of fused-ring (bicyclic) bond motifs is 2. The minimum atomic E-state index is -2.39. The van der Waals surface area contributed by atoms with Gasteiger partial charge in [-0.2, -0.15) is 0 Å². The zero-order chi connectivity index (χ0) is 29.7. The highest BCUT2D eigenvalue weighted by molar-refractivity contribution is 6.36. The van der Waals surface area contributed by atoms with E-state index in [-0.39, 0.29) is 26.8 Å². The van der Waals surface area contributed by atoms with Crippen molar-refractivity contribution in [3.63, 3.8) is 0 Å². The Morgan fingerprint density at radius 1 is 0.524 bits per heavy atom. The average Bonchev–Trinajstić information content (AvgIpc) is 3.00. The van der Waals surface area contributed by atoms with E-state index in [9.17, 15) is 31.5 Å². The van der Waals surface area contributed by atoms with E-state index in [1.807, 2.05) is 53.4 Å². The number of anilines is 4. The molecule has 0 spiro atoms. The Bertz CT molecular complexity index is 1940. The van der Waals surface area contributed by atoms with Crippen LogP contribution in [0.25, 0.3) is 10.8 Å². The number of para-hydroxylation sites is 2. The number of amides is 2. The van der Waals surface area contributed by atoms with Crippen molar-refractivity contribution in [2.75, 3.05) is 9.80 Å². The lowest BCUT2D eigenvalue weighted by Crippen LogP contribution is -2.42. The standard InChI is InChI=1S/C33H19F5N2O2/c1-33(2)19-10-3-5-12-22(19)39(23-13-6-4-11-20(23)33)21-15-14-18-24-16(21)8-7-9-17(24)31(41)40(32(18)42)30-28(37)26(35)25(34)27(36)29(30)38/h3-15H,1-2H3. The second-order valence-electron chi connectivity index (χ2n) is 10.7. The number of benzene rings is 5. The summed E-state index contributed by atoms with van der Waals surface area (Å²) in [5, 5.41) is 0.706. The molecule has 0 saturated carbocycles. The first kappa shape index (κ1) is 25.9. The van der Waals surface area contributed by atoms with Gasteiger partial charge in [0.05, 0.1) is 17.1 Å². The molecule has 0 saturated heterocycles. The van der Waals surface area contributed by atoms with E-state index in [4.69, 9.17) is 0 Å². The Morgan fingerprint density at radius 3 is 1.60 bits per heavy atom. The summed E-state index contributed by atoms with van der Waals surface area (Å²) in [7, 11) is 0. The lowest BCUT2D eigenvalue weighted by Gasteiger charge is -2.42. The van der Waals surface area contributed by atoms with Gasteiger partial charge in [0.2, 0.25) is 5.82 Å². The number of rotatable bonds is 2. The highest BCUT2D eigenvalue weighted by Crippen LogP contribution is 2.53. The first-order chi connectivity index (χ1) is 20.1. The maximum Gasteiger partial charge on any atom is 0.266 e. The van der Waals surface area contributed by atoms with Gasteiger partial charge in [0.25, 0.3) is 11.8 Å². The maximum absolute atomic E-state index is 14.8. The van der Waals surface area contributed by atoms with Crippen LogP contribution in [0.2, 0.25) is 0 Å². The van der Waals surface area contributed by atoms with E-state index in [1.54, 1.807) is 18.2 Å². The lowest BCUT2D eigenvalue weighted by molar-refractivity contribution is 0.0890. The summed E-state index contributed by atoms with van der Waals surface area (Å²) in [6, 6.07) is 23.4. The number of hydrogen-bond acceptors (Lipinski definition) is 3. The summed E-state index contributed by atoms with van der Waals surface area (Å²) < 4.78 is 71.5. The molecule has 9 heteroatoms. The molecule has 42 heavy (non-hydrogen) atoms. The van der Waals surface area contributed by atoms with E-state index in [1.165, 1.54) is 12.1 Å². The van der Waals surface area contributed by atoms with E-state index < -0.39 is 46.6 Å². The lowest BCUT2D eigenvalue weighted by atomic mass is 9.73. The largest absolute Gasteiger partial charge is 0.309 e. The molecule has 0 aromatic heterocycles. The minimum Gasteiger partial charge on any atom is -0.309 e. The fourth-order valence-corrected chi connectivity index (χ4v) is 6.20. The van der Waals surface area contributed by atoms with Crippen LogP contribution in [-0.4, -0.2) is 11.8 Å². The van der Waals surface area contributed by atoms with Crippen LogP contribution in [0.3, 0.4) is 0 Å². The smallest absolute Gasteiger partial charge is 0.266 e. The first-order valence-electron chi connectivity index (χ1n) is 13.0. The number of imide groups is 1. The number of hydrogen-bond donors (Lipinski definition) is 0. The van der Waals surface area contributed by atoms with Crippen LogP contribution >= 0.6 is 0 Å². The van der Waals surface area contributed by atoms with Crippen LogP contribution < -0.4 is 9.80 Å². The van der Waals surface area contributed by atoms with Gasteiger partial charge in [-0.3, -0.25) is 9.59 Å². The summed E-state index contributed by atoms with van der Waals surface area (Å²) in [6.45, 7) is 4.26. The fraction of sp³-hybridized carbons (Fsp3) is 0.0909. The Hall–Kier alpha value is -5.05. The van der Waals surface area contributed by atoms with Gasteiger partial charge >= 0.3 is 0 Å². The Labute approximate surface area is 236 Å². The molecule has 0 aliphatic carbocycles. The fourth-order valence-electron chi connectivity index (χ4n) is 6.20. The van der Waals surface area contributed by atoms with Gasteiger partial charge in [-0.15, -0.1) is 0 Å². The molecule has 2 aliphatic heterocycles. The molecule has 0 radical (unpaired) electrons. The number of carbonyl (C=O) groups excluding carboxylic acids is 2. The summed E-state index contributed by atoms with van der Waals surface area (Å²) in [5.74, 6) is -13.9. The molecule has 0 unspecified atom stereocenters. The highest BCUT2D eigenvalue weighted by atomic mass is 19.2. The second kappa shape index (κ2) is 8.72. The zero-order valence-electron chi connectivity index (χ0n) is 22.1. The molecule has 2 heterocycles. The van der Waals surface area contributed by atoms with Crippen molar-refractivity contribution >= 4 is 45.3 Å². The topological polar surface area (TPSA) is 40.6 Å². The predicted octanol–water partition coefficient (Wildman–Crippen LogP) is 8.45. The minimum absolute atomic E-state index is 0.0149. The Balaban J connectivity index is 1.48. The molecule has 5 aromatic rings. The molecule has 2 amide bonds. The van der Waals surface area contributed by atoms with Crippen molar-refractivity contribution in [1.82, 2.24) is 0 Å². The van der Waals surface area contributed by atoms with Gasteiger partial charge in [-0.25, -0.2) is 26.9 Å². The normalized spacial score (nSPS) is 15.2. The van der Waals surface area contributed by atoms with Gasteiger partial charge in [-0.1, -0.05) is 62.4 Å². The SMILES string of the molecule is CC1(C)c2ccccc2N(c2ccc3c4c(cccc24)C(=O)N(c2c(F)c(F)c(F)c(F)c2F)C3=O)c2ccccc21. The van der Waals surface area contributed by atoms with Crippen LogP contribution in [0, 0.1) is 29.1 Å². The van der Waals surface area contributed by atoms with E-state index in [2.05, 4.69) is 13.8 Å². The van der Waals surface area contributed by atoms with Crippen molar-refractivity contribution < 1.29 is 31.5 Å². The molecule has 0 atom stereocenters. The molecular weight excluding hydrogens is 551 g/mol. The molecule has 0 N–H and O–H groups in total. The maximum atomic E-state index is 14.8. The van der Waals surface area contributed by atoms with E-state index >= 15 is 0 Å². The Kier molecular flexibility index (Phi) is 5.38. The monoisotopic (exact) mass is 570 g/mol. The van der Waals surface area contributed by atoms with Gasteiger partial charge in [0, 0.05) is 27.3 Å². The molecule has 5 aromatic carbocycles. The Morgan fingerprint density at radius 2 is 1.02 bits per heavy atom. The van der Waals surface area contributed by atoms with Crippen LogP contribution in [0.15, 0.2) is 78.9 Å². The highest BCUT2D eigenvalue weighted by Gasteiger charge is 2.42. The molecule has 208 valence electrons. The predicted molar refractivity (Wildman–Crippen MR) is 148 cm³/mol.